The Labute approximate surface area is 341 Å². The van der Waals surface area contributed by atoms with E-state index < -0.39 is 98.6 Å². The van der Waals surface area contributed by atoms with Crippen molar-refractivity contribution in [3.05, 3.63) is 42.0 Å². The van der Waals surface area contributed by atoms with E-state index in [4.69, 9.17) is 15.2 Å². The van der Waals surface area contributed by atoms with Crippen LogP contribution in [0.2, 0.25) is 0 Å². The highest BCUT2D eigenvalue weighted by Gasteiger charge is 2.37. The number of thioether (sulfide) groups is 1. The molecule has 11 N–H and O–H groups in total. The molecule has 2 aromatic rings. The molecular formula is C34H48N9O14PS. The molecule has 25 heteroatoms. The summed E-state index contributed by atoms with van der Waals surface area (Å²) < 4.78 is 27.2. The molecule has 23 nitrogen and oxygen atoms in total. The van der Waals surface area contributed by atoms with Gasteiger partial charge < -0.3 is 66.6 Å². The summed E-state index contributed by atoms with van der Waals surface area (Å²) in [6.07, 6.45) is 0.785. The summed E-state index contributed by atoms with van der Waals surface area (Å²) in [5, 5.41) is 22.1. The van der Waals surface area contributed by atoms with Crippen LogP contribution in [0, 0.1) is 5.92 Å². The van der Waals surface area contributed by atoms with E-state index in [1.165, 1.54) is 17.4 Å². The number of nitrogens with two attached hydrogens (primary N) is 1. The number of ether oxygens (including phenoxy) is 2. The van der Waals surface area contributed by atoms with Crippen molar-refractivity contribution in [1.29, 1.82) is 0 Å². The van der Waals surface area contributed by atoms with Crippen molar-refractivity contribution in [3.63, 3.8) is 0 Å². The first-order chi connectivity index (χ1) is 27.8. The third kappa shape index (κ3) is 14.2. The fraction of sp³-hybridized carbons (Fsp3) is 0.529. The second-order valence-electron chi connectivity index (χ2n) is 14.0. The highest BCUT2D eigenvalue weighted by molar-refractivity contribution is 8.00. The lowest BCUT2D eigenvalue weighted by Crippen LogP contribution is -2.62. The third-order valence-electron chi connectivity index (χ3n) is 8.81. The molecule has 3 heterocycles. The Balaban J connectivity index is 1.72. The van der Waals surface area contributed by atoms with E-state index in [2.05, 4.69) is 41.1 Å². The number of nitrogens with zero attached hydrogens (tertiary/aromatic N) is 2. The highest BCUT2D eigenvalue weighted by atomic mass is 32.2. The van der Waals surface area contributed by atoms with Crippen LogP contribution in [-0.2, 0) is 55.6 Å². The zero-order valence-corrected chi connectivity index (χ0v) is 34.0. The molecule has 0 saturated carbocycles. The molecule has 2 aliphatic rings. The number of hydrogen-bond donors (Lipinski definition) is 10. The number of rotatable bonds is 11. The van der Waals surface area contributed by atoms with E-state index in [0.717, 1.165) is 18.7 Å². The topological polar surface area (TPSA) is 343 Å². The van der Waals surface area contributed by atoms with Crippen molar-refractivity contribution in [2.24, 2.45) is 11.7 Å². The zero-order valence-electron chi connectivity index (χ0n) is 32.2. The summed E-state index contributed by atoms with van der Waals surface area (Å²) in [4.78, 5) is 121. The third-order valence-corrected chi connectivity index (χ3v) is 10.4. The average Bonchev–Trinajstić information content (AvgIpc) is 3.85. The zero-order chi connectivity index (χ0) is 43.4. The number of aromatic amines is 1. The van der Waals surface area contributed by atoms with Gasteiger partial charge in [-0.1, -0.05) is 19.9 Å². The molecular weight excluding hydrogens is 821 g/mol. The first-order valence-electron chi connectivity index (χ1n) is 18.2. The summed E-state index contributed by atoms with van der Waals surface area (Å²) in [6, 6.07) is -3.06. The number of imidazole rings is 1. The number of phosphoric ester groups is 1. The van der Waals surface area contributed by atoms with Crippen LogP contribution in [0.15, 0.2) is 30.7 Å². The first-order valence-corrected chi connectivity index (χ1v) is 20.9. The highest BCUT2D eigenvalue weighted by Crippen LogP contribution is 2.38. The summed E-state index contributed by atoms with van der Waals surface area (Å²) in [7, 11) is -5.29. The van der Waals surface area contributed by atoms with E-state index in [0.29, 0.717) is 22.8 Å². The number of phosphoric acid groups is 1. The van der Waals surface area contributed by atoms with E-state index in [-0.39, 0.29) is 43.6 Å². The largest absolute Gasteiger partial charge is 0.469 e. The summed E-state index contributed by atoms with van der Waals surface area (Å²) in [5.41, 5.74) is 6.47. The summed E-state index contributed by atoms with van der Waals surface area (Å²) >= 11 is 0.845. The molecule has 1 aromatic carbocycles. The second kappa shape index (κ2) is 21.1. The van der Waals surface area contributed by atoms with E-state index in [1.807, 2.05) is 0 Å². The maximum atomic E-state index is 13.9. The minimum absolute atomic E-state index is 0.00744. The number of benzene rings is 1. The van der Waals surface area contributed by atoms with Crippen LogP contribution in [-0.4, -0.2) is 139 Å². The normalized spacial score (nSPS) is 23.6. The Morgan fingerprint density at radius 2 is 1.64 bits per heavy atom. The van der Waals surface area contributed by atoms with Crippen molar-refractivity contribution < 1.29 is 67.0 Å². The van der Waals surface area contributed by atoms with Gasteiger partial charge in [0.1, 0.15) is 30.2 Å². The molecule has 0 spiro atoms. The number of nitrogens with one attached hydrogen (secondary N) is 6. The molecule has 0 unspecified atom stereocenters. The number of amides is 7. The molecule has 324 valence electrons. The summed E-state index contributed by atoms with van der Waals surface area (Å²) in [6.45, 7) is 2.89. The molecule has 0 radical (unpaired) electrons. The second-order valence-corrected chi connectivity index (χ2v) is 16.3. The minimum atomic E-state index is -5.29. The van der Waals surface area contributed by atoms with Crippen LogP contribution >= 0.6 is 19.6 Å². The lowest BCUT2D eigenvalue weighted by atomic mass is 10.0. The molecule has 1 aromatic heterocycles. The lowest BCUT2D eigenvalue weighted by molar-refractivity contribution is -0.137. The van der Waals surface area contributed by atoms with Gasteiger partial charge in [-0.25, -0.2) is 9.55 Å². The number of aromatic nitrogens is 2. The average molecular weight is 870 g/mol. The van der Waals surface area contributed by atoms with Crippen LogP contribution in [0.5, 0.6) is 11.5 Å². The van der Waals surface area contributed by atoms with Crippen molar-refractivity contribution in [3.8, 4) is 11.5 Å². The van der Waals surface area contributed by atoms with Crippen molar-refractivity contribution in [1.82, 2.24) is 41.5 Å². The van der Waals surface area contributed by atoms with Gasteiger partial charge in [-0.3, -0.25) is 38.1 Å². The van der Waals surface area contributed by atoms with Crippen LogP contribution in [0.3, 0.4) is 0 Å². The van der Waals surface area contributed by atoms with E-state index in [9.17, 15) is 53.0 Å². The number of carbonyl (C=O) groups excluding carboxylic acids is 7. The quantitative estimate of drug-likeness (QED) is 0.100. The number of hydrogen-bond acceptors (Lipinski definition) is 14. The Bertz CT molecular complexity index is 1900. The molecule has 59 heavy (non-hydrogen) atoms. The van der Waals surface area contributed by atoms with Gasteiger partial charge >= 0.3 is 7.82 Å². The fourth-order valence-corrected chi connectivity index (χ4v) is 7.42. The lowest BCUT2D eigenvalue weighted by Gasteiger charge is -2.28. The van der Waals surface area contributed by atoms with Gasteiger partial charge in [0.05, 0.1) is 31.3 Å². The first kappa shape index (κ1) is 46.4. The molecule has 7 amide bonds. The molecule has 0 aliphatic carbocycles. The Hall–Kier alpha value is -5.26. The SMILES string of the molecule is CC(C)C[C@@H]1NC(=O)CN(Cc2ccc3c(c2)OCO3)C(=O)CSC[C@H](C(N)=O)NC(=O)[C@H]([C@@H](C)OP(=O)(O)O)NC(=O)[C@H](CO)NC(=O)[C@H](Cc2cnc[nH]2)NC1=O. The van der Waals surface area contributed by atoms with E-state index >= 15 is 0 Å². The van der Waals surface area contributed by atoms with Crippen molar-refractivity contribution >= 4 is 60.9 Å². The van der Waals surface area contributed by atoms with Crippen molar-refractivity contribution in [2.45, 2.75) is 76.5 Å². The maximum absolute atomic E-state index is 13.9. The maximum Gasteiger partial charge on any atom is 0.469 e. The van der Waals surface area contributed by atoms with Crippen molar-refractivity contribution in [2.75, 3.05) is 31.5 Å². The fourth-order valence-electron chi connectivity index (χ4n) is 5.91. The minimum Gasteiger partial charge on any atom is -0.454 e. The number of fused-ring (bicyclic) bond motifs is 1. The van der Waals surface area contributed by atoms with Gasteiger partial charge in [-0.2, -0.15) is 0 Å². The van der Waals surface area contributed by atoms with Crippen LogP contribution in [0.1, 0.15) is 38.4 Å². The number of aliphatic hydroxyl groups excluding tert-OH is 1. The number of H-pyrrole nitrogens is 1. The number of primary amides is 1. The molecule has 1 fully saturated rings. The number of carbonyl (C=O) groups is 7. The van der Waals surface area contributed by atoms with Gasteiger partial charge in [-0.05, 0) is 37.0 Å². The Morgan fingerprint density at radius 1 is 0.966 bits per heavy atom. The van der Waals surface area contributed by atoms with E-state index in [1.54, 1.807) is 32.0 Å². The molecule has 0 bridgehead atoms. The predicted octanol–water partition coefficient (Wildman–Crippen LogP) is -3.10. The summed E-state index contributed by atoms with van der Waals surface area (Å²) in [5.74, 6) is -6.62. The van der Waals surface area contributed by atoms with Gasteiger partial charge in [0.15, 0.2) is 11.5 Å². The molecule has 4 rings (SSSR count). The monoisotopic (exact) mass is 869 g/mol. The van der Waals surface area contributed by atoms with Crippen LogP contribution in [0.25, 0.3) is 0 Å². The smallest absolute Gasteiger partial charge is 0.454 e. The van der Waals surface area contributed by atoms with Crippen LogP contribution in [0.4, 0.5) is 0 Å². The molecule has 1 saturated heterocycles. The van der Waals surface area contributed by atoms with Crippen LogP contribution < -0.4 is 41.8 Å². The predicted molar refractivity (Wildman–Crippen MR) is 206 cm³/mol. The van der Waals surface area contributed by atoms with Gasteiger partial charge in [-0.15, -0.1) is 11.8 Å². The van der Waals surface area contributed by atoms with Gasteiger partial charge in [0, 0.05) is 30.6 Å². The van der Waals surface area contributed by atoms with Gasteiger partial charge in [0.25, 0.3) is 0 Å². The standard InChI is InChI=1S/C34H48N9O14PS/c1-17(2)6-21-31(48)39-22(8-20-9-36-15-37-20)32(49)40-23(12-44)33(50)42-29(18(3)57-58(52,53)54)34(51)41-24(30(35)47)13-59-14-28(46)43(11-27(45)38-21)10-19-4-5-25-26(7-19)56-16-55-25/h4-5,7,9,15,17-18,21-24,29,44H,6,8,10-14,16H2,1-3H3,(H2,35,47)(H,36,37)(H,38,45)(H,39,48)(H,40,49)(H,41,51)(H,42,50)(H2,52,53,54)/t18-,21+,22+,23+,24-,29+/m1/s1. The Morgan fingerprint density at radius 3 is 2.29 bits per heavy atom. The number of aliphatic hydroxyl groups is 1. The molecule has 2 aliphatic heterocycles. The van der Waals surface area contributed by atoms with Gasteiger partial charge in [0.2, 0.25) is 48.1 Å². The molecule has 6 atom stereocenters. The Kier molecular flexibility index (Phi) is 16.6.